The van der Waals surface area contributed by atoms with Gasteiger partial charge in [0.1, 0.15) is 19.2 Å². The lowest BCUT2D eigenvalue weighted by atomic mass is 9.93. The minimum Gasteiger partial charge on any atom is -0.455 e. The number of hydrogen-bond donors (Lipinski definition) is 0. The molecule has 0 atom stereocenters. The van der Waals surface area contributed by atoms with E-state index in [4.69, 9.17) is 12.3 Å². The number of hydrogen-bond acceptors (Lipinski definition) is 1. The molecule has 1 aromatic heterocycles. The first-order valence-corrected chi connectivity index (χ1v) is 7.26. The molecule has 0 bridgehead atoms. The fraction of sp³-hybridized carbons (Fsp3) is 0. The molecule has 4 aromatic rings. The van der Waals surface area contributed by atoms with Crippen LogP contribution in [0.4, 0.5) is 0 Å². The molecule has 1 heterocycles. The van der Waals surface area contributed by atoms with E-state index in [-0.39, 0.29) is 0 Å². The lowest BCUT2D eigenvalue weighted by molar-refractivity contribution is 0.632. The normalized spacial score (nSPS) is 10.9. The van der Waals surface area contributed by atoms with Crippen molar-refractivity contribution in [2.24, 2.45) is 0 Å². The van der Waals surface area contributed by atoms with E-state index in [0.29, 0.717) is 0 Å². The van der Waals surface area contributed by atoms with E-state index in [1.807, 2.05) is 60.7 Å². The van der Waals surface area contributed by atoms with Gasteiger partial charge in [-0.15, -0.1) is 0 Å². The number of para-hydroxylation sites is 1. The van der Waals surface area contributed by atoms with Gasteiger partial charge in [-0.25, -0.2) is 0 Å². The van der Waals surface area contributed by atoms with E-state index in [1.54, 1.807) is 0 Å². The summed E-state index contributed by atoms with van der Waals surface area (Å²) >= 11 is 0. The van der Waals surface area contributed by atoms with Gasteiger partial charge >= 0.3 is 0 Å². The fourth-order valence-corrected chi connectivity index (χ4v) is 2.77. The van der Waals surface area contributed by atoms with Crippen molar-refractivity contribution in [2.45, 2.75) is 0 Å². The minimum atomic E-state index is 0.751. The second-order valence-corrected chi connectivity index (χ2v) is 5.29. The van der Waals surface area contributed by atoms with Crippen LogP contribution in [0, 0.1) is 0 Å². The largest absolute Gasteiger partial charge is 0.455 e. The first-order valence-electron chi connectivity index (χ1n) is 7.26. The predicted molar refractivity (Wildman–Crippen MR) is 92.5 cm³/mol. The minimum absolute atomic E-state index is 0.751. The number of fused-ring (bicyclic) bond motifs is 1. The Kier molecular flexibility index (Phi) is 3.08. The highest BCUT2D eigenvalue weighted by Gasteiger charge is 2.16. The van der Waals surface area contributed by atoms with Gasteiger partial charge in [0, 0.05) is 16.5 Å². The van der Waals surface area contributed by atoms with Gasteiger partial charge in [-0.3, -0.25) is 0 Å². The van der Waals surface area contributed by atoms with Crippen LogP contribution in [-0.2, 0) is 0 Å². The van der Waals surface area contributed by atoms with Gasteiger partial charge in [0.15, 0.2) is 0 Å². The second kappa shape index (κ2) is 5.23. The fourth-order valence-electron chi connectivity index (χ4n) is 2.77. The number of furan rings is 1. The van der Waals surface area contributed by atoms with Crippen molar-refractivity contribution in [3.8, 4) is 22.5 Å². The molecular weight excluding hydrogens is 267 g/mol. The Morgan fingerprint density at radius 1 is 0.636 bits per heavy atom. The average molecular weight is 280 g/mol. The predicted octanol–water partition coefficient (Wildman–Crippen LogP) is 4.56. The molecule has 0 fully saturated rings. The standard InChI is InChI=1S/C20H13BO/c21-16-12-10-15(11-13-16)20-19(14-6-2-1-3-7-14)17-8-4-5-9-18(17)22-20/h1-13H. The van der Waals surface area contributed by atoms with Crippen LogP contribution >= 0.6 is 0 Å². The van der Waals surface area contributed by atoms with Crippen molar-refractivity contribution in [1.82, 2.24) is 0 Å². The maximum absolute atomic E-state index is 6.14. The van der Waals surface area contributed by atoms with Gasteiger partial charge in [0.25, 0.3) is 0 Å². The second-order valence-electron chi connectivity index (χ2n) is 5.29. The summed E-state index contributed by atoms with van der Waals surface area (Å²) in [7, 11) is 5.80. The molecular formula is C20H13BO. The zero-order valence-electron chi connectivity index (χ0n) is 12.0. The van der Waals surface area contributed by atoms with Gasteiger partial charge in [-0.2, -0.15) is 0 Å². The summed E-state index contributed by atoms with van der Waals surface area (Å²) in [5.41, 5.74) is 4.96. The number of benzene rings is 3. The molecule has 0 aliphatic carbocycles. The Hall–Kier alpha value is -2.74. The monoisotopic (exact) mass is 280 g/mol. The van der Waals surface area contributed by atoms with Crippen LogP contribution in [0.15, 0.2) is 83.3 Å². The third-order valence-corrected chi connectivity index (χ3v) is 3.83. The molecule has 22 heavy (non-hydrogen) atoms. The van der Waals surface area contributed by atoms with Crippen molar-refractivity contribution >= 4 is 24.3 Å². The molecule has 0 saturated heterocycles. The summed E-state index contributed by atoms with van der Waals surface area (Å²) in [4.78, 5) is 0. The number of rotatable bonds is 2. The third kappa shape index (κ3) is 2.13. The molecule has 2 radical (unpaired) electrons. The summed E-state index contributed by atoms with van der Waals surface area (Å²) in [6, 6.07) is 26.3. The van der Waals surface area contributed by atoms with Crippen molar-refractivity contribution in [3.63, 3.8) is 0 Å². The van der Waals surface area contributed by atoms with Crippen molar-refractivity contribution in [1.29, 1.82) is 0 Å². The highest BCUT2D eigenvalue weighted by molar-refractivity contribution is 6.32. The molecule has 4 rings (SSSR count). The van der Waals surface area contributed by atoms with Crippen molar-refractivity contribution < 1.29 is 4.42 Å². The van der Waals surface area contributed by atoms with Gasteiger partial charge < -0.3 is 4.42 Å². The lowest BCUT2D eigenvalue weighted by Crippen LogP contribution is -1.99. The molecule has 0 amide bonds. The molecule has 0 aliphatic heterocycles. The molecule has 1 nitrogen and oxygen atoms in total. The molecule has 0 saturated carbocycles. The maximum atomic E-state index is 6.14. The summed E-state index contributed by atoms with van der Waals surface area (Å²) in [6.45, 7) is 0. The molecule has 0 aliphatic rings. The molecule has 0 unspecified atom stereocenters. The van der Waals surface area contributed by atoms with Gasteiger partial charge in [-0.05, 0) is 11.6 Å². The first-order chi connectivity index (χ1) is 10.8. The van der Waals surface area contributed by atoms with Crippen molar-refractivity contribution in [2.75, 3.05) is 0 Å². The Balaban J connectivity index is 2.04. The van der Waals surface area contributed by atoms with Gasteiger partial charge in [0.05, 0.1) is 0 Å². The van der Waals surface area contributed by atoms with Gasteiger partial charge in [0.2, 0.25) is 0 Å². The molecule has 0 N–H and O–H groups in total. The van der Waals surface area contributed by atoms with E-state index >= 15 is 0 Å². The van der Waals surface area contributed by atoms with E-state index in [9.17, 15) is 0 Å². The summed E-state index contributed by atoms with van der Waals surface area (Å²) in [5.74, 6) is 0.882. The first kappa shape index (κ1) is 13.0. The SMILES string of the molecule is [B]c1ccc(-c2oc3ccccc3c2-c2ccccc2)cc1. The van der Waals surface area contributed by atoms with E-state index in [1.165, 1.54) is 0 Å². The Labute approximate surface area is 130 Å². The molecule has 3 aromatic carbocycles. The van der Waals surface area contributed by atoms with Crippen LogP contribution in [0.25, 0.3) is 33.4 Å². The van der Waals surface area contributed by atoms with Crippen LogP contribution in [0.1, 0.15) is 0 Å². The summed E-state index contributed by atoms with van der Waals surface area (Å²) < 4.78 is 6.14. The zero-order chi connectivity index (χ0) is 14.9. The van der Waals surface area contributed by atoms with Gasteiger partial charge in [-0.1, -0.05) is 78.3 Å². The Morgan fingerprint density at radius 3 is 2.09 bits per heavy atom. The van der Waals surface area contributed by atoms with Crippen LogP contribution < -0.4 is 5.46 Å². The summed E-state index contributed by atoms with van der Waals surface area (Å²) in [6.07, 6.45) is 0. The Bertz CT molecular complexity index is 921. The smallest absolute Gasteiger partial charge is 0.143 e. The highest BCUT2D eigenvalue weighted by atomic mass is 16.3. The molecule has 2 heteroatoms. The van der Waals surface area contributed by atoms with Crippen molar-refractivity contribution in [3.05, 3.63) is 78.9 Å². The van der Waals surface area contributed by atoms with Crippen LogP contribution in [-0.4, -0.2) is 7.85 Å². The lowest BCUT2D eigenvalue weighted by Gasteiger charge is -2.04. The van der Waals surface area contributed by atoms with E-state index < -0.39 is 0 Å². The van der Waals surface area contributed by atoms with Crippen LogP contribution in [0.5, 0.6) is 0 Å². The summed E-state index contributed by atoms with van der Waals surface area (Å²) in [5, 5.41) is 1.13. The van der Waals surface area contributed by atoms with Crippen LogP contribution in [0.2, 0.25) is 0 Å². The molecule has 102 valence electrons. The third-order valence-electron chi connectivity index (χ3n) is 3.83. The molecule has 0 spiro atoms. The zero-order valence-corrected chi connectivity index (χ0v) is 12.0. The quantitative estimate of drug-likeness (QED) is 0.490. The van der Waals surface area contributed by atoms with E-state index in [0.717, 1.165) is 38.9 Å². The topological polar surface area (TPSA) is 13.1 Å². The average Bonchev–Trinajstić information content (AvgIpc) is 2.96. The maximum Gasteiger partial charge on any atom is 0.143 e. The highest BCUT2D eigenvalue weighted by Crippen LogP contribution is 2.40. The van der Waals surface area contributed by atoms with E-state index in [2.05, 4.69) is 18.2 Å². The van der Waals surface area contributed by atoms with Crippen LogP contribution in [0.3, 0.4) is 0 Å². The Morgan fingerprint density at radius 2 is 1.32 bits per heavy atom.